The number of hydrogen-bond acceptors (Lipinski definition) is 3. The molecule has 0 bridgehead atoms. The smallest absolute Gasteiger partial charge is 0.148 e. The van der Waals surface area contributed by atoms with Crippen molar-refractivity contribution in [3.05, 3.63) is 36.0 Å². The molecule has 0 unspecified atom stereocenters. The molecule has 19 heavy (non-hydrogen) atoms. The van der Waals surface area contributed by atoms with E-state index >= 15 is 0 Å². The second-order valence-corrected chi connectivity index (χ2v) is 5.25. The average molecular weight is 274 g/mol. The number of nitrogens with zero attached hydrogens (tertiary/aromatic N) is 5. The van der Waals surface area contributed by atoms with Crippen molar-refractivity contribution in [3.63, 3.8) is 0 Å². The molecule has 0 aliphatic heterocycles. The molecule has 1 fully saturated rings. The van der Waals surface area contributed by atoms with Crippen molar-refractivity contribution in [1.29, 1.82) is 0 Å². The summed E-state index contributed by atoms with van der Waals surface area (Å²) in [5, 5.41) is 9.07. The van der Waals surface area contributed by atoms with Gasteiger partial charge >= 0.3 is 0 Å². The maximum atomic E-state index is 6.04. The molecule has 0 radical (unpaired) electrons. The van der Waals surface area contributed by atoms with E-state index in [-0.39, 0.29) is 0 Å². The molecule has 4 rings (SSSR count). The van der Waals surface area contributed by atoms with Gasteiger partial charge in [-0.05, 0) is 25.3 Å². The Morgan fingerprint density at radius 3 is 2.89 bits per heavy atom. The van der Waals surface area contributed by atoms with Gasteiger partial charge in [-0.25, -0.2) is 9.50 Å². The zero-order valence-corrected chi connectivity index (χ0v) is 11.0. The highest BCUT2D eigenvalue weighted by atomic mass is 35.5. The monoisotopic (exact) mass is 273 g/mol. The van der Waals surface area contributed by atoms with Gasteiger partial charge < -0.3 is 0 Å². The first-order valence-electron chi connectivity index (χ1n) is 6.36. The minimum Gasteiger partial charge on any atom is -0.269 e. The minimum atomic E-state index is 0.433. The van der Waals surface area contributed by atoms with Crippen LogP contribution in [0.4, 0.5) is 0 Å². The summed E-state index contributed by atoms with van der Waals surface area (Å²) in [6.07, 6.45) is 11.1. The fourth-order valence-electron chi connectivity index (χ4n) is 2.42. The van der Waals surface area contributed by atoms with Crippen LogP contribution >= 0.6 is 11.6 Å². The molecule has 5 nitrogen and oxygen atoms in total. The largest absolute Gasteiger partial charge is 0.269 e. The van der Waals surface area contributed by atoms with E-state index in [1.54, 1.807) is 16.9 Å². The van der Waals surface area contributed by atoms with Gasteiger partial charge in [0.15, 0.2) is 0 Å². The van der Waals surface area contributed by atoms with Crippen LogP contribution in [-0.4, -0.2) is 24.4 Å². The molecule has 6 heteroatoms. The van der Waals surface area contributed by atoms with Gasteiger partial charge in [-0.15, -0.1) is 0 Å². The maximum Gasteiger partial charge on any atom is 0.148 e. The van der Waals surface area contributed by atoms with Crippen LogP contribution in [0, 0.1) is 0 Å². The lowest BCUT2D eigenvalue weighted by Gasteiger charge is -2.25. The Morgan fingerprint density at radius 1 is 1.21 bits per heavy atom. The van der Waals surface area contributed by atoms with Gasteiger partial charge in [-0.2, -0.15) is 10.2 Å². The number of hydrogen-bond donors (Lipinski definition) is 0. The number of rotatable bonds is 2. The SMILES string of the molecule is Clc1cn2nccc2c(-c2cnn(C3CCC3)c2)n1. The summed E-state index contributed by atoms with van der Waals surface area (Å²) in [5.74, 6) is 0. The third-order valence-electron chi connectivity index (χ3n) is 3.68. The van der Waals surface area contributed by atoms with Gasteiger partial charge in [-0.1, -0.05) is 11.6 Å². The molecule has 3 aromatic heterocycles. The first-order chi connectivity index (χ1) is 9.31. The fourth-order valence-corrected chi connectivity index (χ4v) is 2.60. The molecule has 1 aliphatic carbocycles. The second kappa shape index (κ2) is 4.06. The summed E-state index contributed by atoms with van der Waals surface area (Å²) < 4.78 is 3.78. The standard InChI is InChI=1S/C13H12ClN5/c14-12-8-19-11(4-5-15-19)13(17-12)9-6-16-18(7-9)10-2-1-3-10/h4-8,10H,1-3H2. The van der Waals surface area contributed by atoms with Crippen LogP contribution in [0.1, 0.15) is 25.3 Å². The van der Waals surface area contributed by atoms with E-state index < -0.39 is 0 Å². The lowest BCUT2D eigenvalue weighted by Crippen LogP contribution is -2.16. The van der Waals surface area contributed by atoms with E-state index in [0.29, 0.717) is 11.2 Å². The van der Waals surface area contributed by atoms with Crippen molar-refractivity contribution in [2.24, 2.45) is 0 Å². The molecule has 0 atom stereocenters. The Balaban J connectivity index is 1.84. The molecule has 0 saturated heterocycles. The predicted octanol–water partition coefficient (Wildman–Crippen LogP) is 2.97. The van der Waals surface area contributed by atoms with Gasteiger partial charge in [0.05, 0.1) is 30.1 Å². The molecule has 96 valence electrons. The Bertz CT molecular complexity index is 740. The minimum absolute atomic E-state index is 0.433. The van der Waals surface area contributed by atoms with Crippen molar-refractivity contribution < 1.29 is 0 Å². The van der Waals surface area contributed by atoms with Crippen molar-refractivity contribution in [2.45, 2.75) is 25.3 Å². The predicted molar refractivity (Wildman–Crippen MR) is 72.1 cm³/mol. The lowest BCUT2D eigenvalue weighted by molar-refractivity contribution is 0.289. The Kier molecular flexibility index (Phi) is 2.35. The lowest BCUT2D eigenvalue weighted by atomic mass is 9.93. The van der Waals surface area contributed by atoms with Crippen LogP contribution in [0.5, 0.6) is 0 Å². The summed E-state index contributed by atoms with van der Waals surface area (Å²) in [6.45, 7) is 0. The molecule has 3 aromatic rings. The number of halogens is 1. The maximum absolute atomic E-state index is 6.04. The molecular weight excluding hydrogens is 262 g/mol. The van der Waals surface area contributed by atoms with Crippen molar-refractivity contribution in [2.75, 3.05) is 0 Å². The molecule has 0 aromatic carbocycles. The summed E-state index contributed by atoms with van der Waals surface area (Å²) in [4.78, 5) is 4.41. The van der Waals surface area contributed by atoms with Crippen LogP contribution in [0.3, 0.4) is 0 Å². The first kappa shape index (κ1) is 11.0. The molecule has 0 spiro atoms. The normalized spacial score (nSPS) is 15.8. The Hall–Kier alpha value is -1.88. The summed E-state index contributed by atoms with van der Waals surface area (Å²) in [5.41, 5.74) is 2.76. The van der Waals surface area contributed by atoms with E-state index in [4.69, 9.17) is 11.6 Å². The highest BCUT2D eigenvalue weighted by Gasteiger charge is 2.21. The van der Waals surface area contributed by atoms with Crippen LogP contribution < -0.4 is 0 Å². The van der Waals surface area contributed by atoms with Gasteiger partial charge in [0.25, 0.3) is 0 Å². The van der Waals surface area contributed by atoms with Crippen LogP contribution in [0.25, 0.3) is 16.8 Å². The van der Waals surface area contributed by atoms with Gasteiger partial charge in [-0.3, -0.25) is 4.68 Å². The zero-order valence-electron chi connectivity index (χ0n) is 10.2. The Labute approximate surface area is 114 Å². The average Bonchev–Trinajstić information content (AvgIpc) is 2.93. The van der Waals surface area contributed by atoms with Crippen molar-refractivity contribution in [1.82, 2.24) is 24.4 Å². The second-order valence-electron chi connectivity index (χ2n) is 4.87. The summed E-state index contributed by atoms with van der Waals surface area (Å²) in [6, 6.07) is 2.48. The summed E-state index contributed by atoms with van der Waals surface area (Å²) in [7, 11) is 0. The third-order valence-corrected chi connectivity index (χ3v) is 3.87. The van der Waals surface area contributed by atoms with Crippen molar-refractivity contribution in [3.8, 4) is 11.3 Å². The number of aromatic nitrogens is 5. The van der Waals surface area contributed by atoms with E-state index in [9.17, 15) is 0 Å². The molecule has 0 amide bonds. The van der Waals surface area contributed by atoms with E-state index in [1.807, 2.05) is 16.9 Å². The summed E-state index contributed by atoms with van der Waals surface area (Å²) >= 11 is 6.04. The Morgan fingerprint density at radius 2 is 2.11 bits per heavy atom. The van der Waals surface area contributed by atoms with Crippen LogP contribution in [0.2, 0.25) is 5.15 Å². The molecule has 1 aliphatic rings. The fraction of sp³-hybridized carbons (Fsp3) is 0.308. The third kappa shape index (κ3) is 1.73. The van der Waals surface area contributed by atoms with Crippen molar-refractivity contribution >= 4 is 17.1 Å². The van der Waals surface area contributed by atoms with Crippen LogP contribution in [-0.2, 0) is 0 Å². The van der Waals surface area contributed by atoms with E-state index in [2.05, 4.69) is 21.4 Å². The molecule has 3 heterocycles. The van der Waals surface area contributed by atoms with Gasteiger partial charge in [0, 0.05) is 11.8 Å². The van der Waals surface area contributed by atoms with E-state index in [0.717, 1.165) is 16.8 Å². The van der Waals surface area contributed by atoms with Gasteiger partial charge in [0.1, 0.15) is 10.8 Å². The molecule has 1 saturated carbocycles. The van der Waals surface area contributed by atoms with Gasteiger partial charge in [0.2, 0.25) is 0 Å². The highest BCUT2D eigenvalue weighted by molar-refractivity contribution is 6.29. The van der Waals surface area contributed by atoms with Crippen LogP contribution in [0.15, 0.2) is 30.9 Å². The molecular formula is C13H12ClN5. The first-order valence-corrected chi connectivity index (χ1v) is 6.73. The number of fused-ring (bicyclic) bond motifs is 1. The van der Waals surface area contributed by atoms with E-state index in [1.165, 1.54) is 19.3 Å². The quantitative estimate of drug-likeness (QED) is 0.721. The zero-order chi connectivity index (χ0) is 12.8. The topological polar surface area (TPSA) is 48.0 Å². The molecule has 0 N–H and O–H groups in total. The highest BCUT2D eigenvalue weighted by Crippen LogP contribution is 2.32.